The highest BCUT2D eigenvalue weighted by molar-refractivity contribution is 6.06. The minimum Gasteiger partial charge on any atom is -0.469 e. The third-order valence-electron chi connectivity index (χ3n) is 2.11. The molecule has 1 heterocycles. The van der Waals surface area contributed by atoms with Gasteiger partial charge in [-0.15, -0.1) is 0 Å². The van der Waals surface area contributed by atoms with Crippen LogP contribution in [0.5, 0.6) is 0 Å². The summed E-state index contributed by atoms with van der Waals surface area (Å²) in [6, 6.07) is 0. The maximum absolute atomic E-state index is 11.2. The van der Waals surface area contributed by atoms with Crippen LogP contribution in [0, 0.1) is 5.41 Å². The molecule has 5 nitrogen and oxygen atoms in total. The summed E-state index contributed by atoms with van der Waals surface area (Å²) < 4.78 is 4.43. The molecule has 5 heteroatoms. The highest BCUT2D eigenvalue weighted by Crippen LogP contribution is 2.30. The summed E-state index contributed by atoms with van der Waals surface area (Å²) in [7, 11) is 1.25. The molecule has 0 saturated carbocycles. The van der Waals surface area contributed by atoms with Gasteiger partial charge in [0.2, 0.25) is 11.8 Å². The van der Waals surface area contributed by atoms with Gasteiger partial charge in [-0.2, -0.15) is 0 Å². The molecule has 1 rings (SSSR count). The SMILES string of the molecule is COC(=O)C[C@@]1(C)CC(=O)NC1=O. The number of nitrogens with one attached hydrogen (secondary N) is 1. The van der Waals surface area contributed by atoms with Crippen molar-refractivity contribution in [1.82, 2.24) is 5.32 Å². The summed E-state index contributed by atoms with van der Waals surface area (Å²) in [5.41, 5.74) is -0.926. The molecule has 13 heavy (non-hydrogen) atoms. The van der Waals surface area contributed by atoms with Gasteiger partial charge >= 0.3 is 5.97 Å². The summed E-state index contributed by atoms with van der Waals surface area (Å²) in [4.78, 5) is 33.0. The summed E-state index contributed by atoms with van der Waals surface area (Å²) in [6.07, 6.45) is 0.00199. The van der Waals surface area contributed by atoms with Gasteiger partial charge in [-0.1, -0.05) is 0 Å². The molecular weight excluding hydrogens is 174 g/mol. The van der Waals surface area contributed by atoms with E-state index < -0.39 is 17.3 Å². The van der Waals surface area contributed by atoms with Crippen LogP contribution in [0.2, 0.25) is 0 Å². The number of hydrogen-bond donors (Lipinski definition) is 1. The van der Waals surface area contributed by atoms with E-state index in [0.29, 0.717) is 0 Å². The van der Waals surface area contributed by atoms with Gasteiger partial charge in [0, 0.05) is 6.42 Å². The third kappa shape index (κ3) is 1.85. The lowest BCUT2D eigenvalue weighted by atomic mass is 9.85. The Morgan fingerprint density at radius 2 is 2.23 bits per heavy atom. The van der Waals surface area contributed by atoms with Crippen LogP contribution in [0.1, 0.15) is 19.8 Å². The molecule has 1 aliphatic heterocycles. The molecule has 1 N–H and O–H groups in total. The zero-order valence-corrected chi connectivity index (χ0v) is 7.55. The molecule has 1 fully saturated rings. The van der Waals surface area contributed by atoms with Crippen molar-refractivity contribution in [2.45, 2.75) is 19.8 Å². The average Bonchev–Trinajstić information content (AvgIpc) is 2.25. The summed E-state index contributed by atoms with van der Waals surface area (Å²) in [5, 5.41) is 2.15. The van der Waals surface area contributed by atoms with Gasteiger partial charge in [-0.05, 0) is 6.92 Å². The van der Waals surface area contributed by atoms with Crippen LogP contribution in [0.3, 0.4) is 0 Å². The molecule has 0 radical (unpaired) electrons. The molecule has 0 aromatic rings. The van der Waals surface area contributed by atoms with Gasteiger partial charge in [0.25, 0.3) is 0 Å². The van der Waals surface area contributed by atoms with Crippen LogP contribution in [0.15, 0.2) is 0 Å². The van der Waals surface area contributed by atoms with Crippen molar-refractivity contribution in [3.8, 4) is 0 Å². The number of carbonyl (C=O) groups is 3. The Balaban J connectivity index is 2.71. The molecule has 1 atom stereocenters. The van der Waals surface area contributed by atoms with Crippen molar-refractivity contribution >= 4 is 17.8 Å². The van der Waals surface area contributed by atoms with E-state index in [9.17, 15) is 14.4 Å². The van der Waals surface area contributed by atoms with Crippen LogP contribution in [-0.4, -0.2) is 24.9 Å². The Labute approximate surface area is 75.4 Å². The lowest BCUT2D eigenvalue weighted by Crippen LogP contribution is -2.31. The van der Waals surface area contributed by atoms with E-state index >= 15 is 0 Å². The number of hydrogen-bond acceptors (Lipinski definition) is 4. The maximum Gasteiger partial charge on any atom is 0.306 e. The second kappa shape index (κ2) is 3.16. The second-order valence-corrected chi connectivity index (χ2v) is 3.37. The van der Waals surface area contributed by atoms with E-state index in [4.69, 9.17) is 0 Å². The van der Waals surface area contributed by atoms with Crippen molar-refractivity contribution in [1.29, 1.82) is 0 Å². The van der Waals surface area contributed by atoms with Crippen LogP contribution in [0.25, 0.3) is 0 Å². The Morgan fingerprint density at radius 3 is 2.62 bits per heavy atom. The fourth-order valence-electron chi connectivity index (χ4n) is 1.29. The first-order valence-corrected chi connectivity index (χ1v) is 3.89. The van der Waals surface area contributed by atoms with E-state index in [0.717, 1.165) is 0 Å². The molecule has 72 valence electrons. The quantitative estimate of drug-likeness (QED) is 0.469. The van der Waals surface area contributed by atoms with Gasteiger partial charge in [-0.25, -0.2) is 0 Å². The smallest absolute Gasteiger partial charge is 0.306 e. The van der Waals surface area contributed by atoms with Crippen LogP contribution < -0.4 is 5.32 Å². The summed E-state index contributed by atoms with van der Waals surface area (Å²) in [6.45, 7) is 1.57. The molecule has 2 amide bonds. The van der Waals surface area contributed by atoms with Gasteiger partial charge in [0.1, 0.15) is 0 Å². The largest absolute Gasteiger partial charge is 0.469 e. The zero-order chi connectivity index (χ0) is 10.1. The molecule has 1 saturated heterocycles. The lowest BCUT2D eigenvalue weighted by molar-refractivity contribution is -0.146. The first kappa shape index (κ1) is 9.70. The molecule has 1 aliphatic rings. The first-order valence-electron chi connectivity index (χ1n) is 3.89. The van der Waals surface area contributed by atoms with E-state index in [1.807, 2.05) is 0 Å². The monoisotopic (exact) mass is 185 g/mol. The van der Waals surface area contributed by atoms with Crippen molar-refractivity contribution in [3.63, 3.8) is 0 Å². The topological polar surface area (TPSA) is 72.5 Å². The Hall–Kier alpha value is -1.39. The van der Waals surface area contributed by atoms with Gasteiger partial charge < -0.3 is 4.74 Å². The number of imide groups is 1. The zero-order valence-electron chi connectivity index (χ0n) is 7.55. The number of esters is 1. The summed E-state index contributed by atoms with van der Waals surface area (Å²) >= 11 is 0. The van der Waals surface area contributed by atoms with E-state index in [2.05, 4.69) is 10.1 Å². The van der Waals surface area contributed by atoms with Crippen LogP contribution >= 0.6 is 0 Å². The standard InChI is InChI=1S/C8H11NO4/c1-8(4-6(11)13-2)3-5(10)9-7(8)12/h3-4H2,1-2H3,(H,9,10,12)/t8-/m1/s1. The minimum atomic E-state index is -0.926. The van der Waals surface area contributed by atoms with Gasteiger partial charge in [-0.3, -0.25) is 19.7 Å². The first-order chi connectivity index (χ1) is 5.98. The Kier molecular flexibility index (Phi) is 2.36. The average molecular weight is 185 g/mol. The normalized spacial score (nSPS) is 27.2. The molecule has 0 unspecified atom stereocenters. The number of amides is 2. The fourth-order valence-corrected chi connectivity index (χ4v) is 1.29. The number of rotatable bonds is 2. The highest BCUT2D eigenvalue weighted by Gasteiger charge is 2.44. The number of methoxy groups -OCH3 is 1. The fraction of sp³-hybridized carbons (Fsp3) is 0.625. The van der Waals surface area contributed by atoms with Gasteiger partial charge in [0.15, 0.2) is 0 Å². The molecular formula is C8H11NO4. The maximum atomic E-state index is 11.2. The summed E-state index contributed by atoms with van der Waals surface area (Å²) in [5.74, 6) is -1.22. The number of carbonyl (C=O) groups excluding carboxylic acids is 3. The van der Waals surface area contributed by atoms with E-state index in [1.165, 1.54) is 7.11 Å². The van der Waals surface area contributed by atoms with E-state index in [-0.39, 0.29) is 18.7 Å². The van der Waals surface area contributed by atoms with E-state index in [1.54, 1.807) is 6.92 Å². The Bertz CT molecular complexity index is 273. The van der Waals surface area contributed by atoms with Gasteiger partial charge in [0.05, 0.1) is 18.9 Å². The Morgan fingerprint density at radius 1 is 1.62 bits per heavy atom. The predicted octanol–water partition coefficient (Wildman–Crippen LogP) is -0.398. The molecule has 0 bridgehead atoms. The molecule has 0 aromatic carbocycles. The van der Waals surface area contributed by atoms with Crippen molar-refractivity contribution in [2.75, 3.05) is 7.11 Å². The molecule has 0 spiro atoms. The minimum absolute atomic E-state index is 0.0545. The third-order valence-corrected chi connectivity index (χ3v) is 2.11. The highest BCUT2D eigenvalue weighted by atomic mass is 16.5. The molecule has 0 aliphatic carbocycles. The predicted molar refractivity (Wildman–Crippen MR) is 42.5 cm³/mol. The van der Waals surface area contributed by atoms with Crippen molar-refractivity contribution in [2.24, 2.45) is 5.41 Å². The molecule has 0 aromatic heterocycles. The second-order valence-electron chi connectivity index (χ2n) is 3.37. The lowest BCUT2D eigenvalue weighted by Gasteiger charge is -2.16. The van der Waals surface area contributed by atoms with Crippen molar-refractivity contribution < 1.29 is 19.1 Å². The van der Waals surface area contributed by atoms with Crippen molar-refractivity contribution in [3.05, 3.63) is 0 Å². The van der Waals surface area contributed by atoms with Crippen LogP contribution in [-0.2, 0) is 19.1 Å². The van der Waals surface area contributed by atoms with Crippen LogP contribution in [0.4, 0.5) is 0 Å². The number of ether oxygens (including phenoxy) is 1.